The van der Waals surface area contributed by atoms with Crippen LogP contribution in [0.1, 0.15) is 13.8 Å². The molecule has 0 aromatic heterocycles. The smallest absolute Gasteiger partial charge is 0.155 e. The highest BCUT2D eigenvalue weighted by Crippen LogP contribution is 2.23. The van der Waals surface area contributed by atoms with Gasteiger partial charge in [0.25, 0.3) is 0 Å². The van der Waals surface area contributed by atoms with E-state index >= 15 is 0 Å². The van der Waals surface area contributed by atoms with Gasteiger partial charge < -0.3 is 4.84 Å². The standard InChI is InChI=1S/C7H13NO2S/c1-4-6(5-11)7(2,3)10-8-9/h4,6,11H,1,5H2,2-3H3. The van der Waals surface area contributed by atoms with Gasteiger partial charge in [-0.05, 0) is 13.8 Å². The first kappa shape index (κ1) is 10.5. The average Bonchev–Trinajstić information content (AvgIpc) is 1.89. The van der Waals surface area contributed by atoms with Gasteiger partial charge in [0.1, 0.15) is 5.60 Å². The molecule has 11 heavy (non-hydrogen) atoms. The molecule has 0 aliphatic carbocycles. The summed E-state index contributed by atoms with van der Waals surface area (Å²) in [6.07, 6.45) is 1.71. The van der Waals surface area contributed by atoms with Crippen molar-refractivity contribution >= 4 is 12.6 Å². The summed E-state index contributed by atoms with van der Waals surface area (Å²) in [5, 5.41) is 2.39. The van der Waals surface area contributed by atoms with Crippen molar-refractivity contribution in [2.24, 2.45) is 11.3 Å². The summed E-state index contributed by atoms with van der Waals surface area (Å²) >= 11 is 4.09. The van der Waals surface area contributed by atoms with E-state index in [2.05, 4.69) is 29.4 Å². The lowest BCUT2D eigenvalue weighted by Gasteiger charge is -2.26. The van der Waals surface area contributed by atoms with Gasteiger partial charge in [0, 0.05) is 11.7 Å². The molecule has 0 aromatic rings. The number of rotatable bonds is 5. The maximum atomic E-state index is 9.83. The van der Waals surface area contributed by atoms with Crippen molar-refractivity contribution in [1.29, 1.82) is 0 Å². The molecule has 0 heterocycles. The average molecular weight is 175 g/mol. The zero-order chi connectivity index (χ0) is 8.91. The third-order valence-corrected chi connectivity index (χ3v) is 2.04. The van der Waals surface area contributed by atoms with Crippen molar-refractivity contribution in [3.8, 4) is 0 Å². The quantitative estimate of drug-likeness (QED) is 0.301. The van der Waals surface area contributed by atoms with Crippen molar-refractivity contribution in [2.45, 2.75) is 19.4 Å². The molecule has 1 unspecified atom stereocenters. The van der Waals surface area contributed by atoms with Crippen LogP contribution in [-0.4, -0.2) is 11.4 Å². The third-order valence-electron chi connectivity index (χ3n) is 1.65. The summed E-state index contributed by atoms with van der Waals surface area (Å²) in [7, 11) is 0. The fourth-order valence-corrected chi connectivity index (χ4v) is 1.33. The molecule has 0 aromatic carbocycles. The molecule has 3 nitrogen and oxygen atoms in total. The molecule has 0 aliphatic rings. The topological polar surface area (TPSA) is 38.7 Å². The zero-order valence-corrected chi connectivity index (χ0v) is 7.67. The minimum absolute atomic E-state index is 0.0310. The van der Waals surface area contributed by atoms with Crippen LogP contribution < -0.4 is 0 Å². The fraction of sp³-hybridized carbons (Fsp3) is 0.714. The number of hydrogen-bond donors (Lipinski definition) is 1. The minimum Gasteiger partial charge on any atom is -0.357 e. The Kier molecular flexibility index (Phi) is 4.18. The van der Waals surface area contributed by atoms with E-state index in [0.717, 1.165) is 0 Å². The normalized spacial score (nSPS) is 13.7. The predicted octanol–water partition coefficient (Wildman–Crippen LogP) is 2.20. The number of thiol groups is 1. The highest BCUT2D eigenvalue weighted by molar-refractivity contribution is 7.80. The van der Waals surface area contributed by atoms with E-state index in [4.69, 9.17) is 0 Å². The second-order valence-corrected chi connectivity index (χ2v) is 3.16. The monoisotopic (exact) mass is 175 g/mol. The summed E-state index contributed by atoms with van der Waals surface area (Å²) in [6.45, 7) is 7.16. The van der Waals surface area contributed by atoms with Crippen molar-refractivity contribution in [3.63, 3.8) is 0 Å². The van der Waals surface area contributed by atoms with Crippen LogP contribution in [0.15, 0.2) is 18.0 Å². The van der Waals surface area contributed by atoms with Crippen LogP contribution in [0, 0.1) is 10.8 Å². The van der Waals surface area contributed by atoms with Gasteiger partial charge in [0.2, 0.25) is 0 Å². The van der Waals surface area contributed by atoms with Crippen molar-refractivity contribution in [2.75, 3.05) is 5.75 Å². The number of hydrogen-bond acceptors (Lipinski definition) is 4. The fourth-order valence-electron chi connectivity index (χ4n) is 0.742. The molecule has 64 valence electrons. The first-order valence-corrected chi connectivity index (χ1v) is 3.96. The van der Waals surface area contributed by atoms with Crippen LogP contribution in [0.5, 0.6) is 0 Å². The summed E-state index contributed by atoms with van der Waals surface area (Å²) < 4.78 is 0. The van der Waals surface area contributed by atoms with Gasteiger partial charge in [-0.3, -0.25) is 0 Å². The lowest BCUT2D eigenvalue weighted by atomic mass is 9.93. The van der Waals surface area contributed by atoms with E-state index < -0.39 is 5.60 Å². The molecule has 1 atom stereocenters. The molecule has 4 heteroatoms. The molecule has 0 N–H and O–H groups in total. The Morgan fingerprint density at radius 1 is 1.82 bits per heavy atom. The molecule has 0 rings (SSSR count). The molecule has 0 fully saturated rings. The van der Waals surface area contributed by atoms with Crippen LogP contribution in [0.3, 0.4) is 0 Å². The Balaban J connectivity index is 4.22. The first-order valence-electron chi connectivity index (χ1n) is 3.32. The molecule has 0 saturated heterocycles. The van der Waals surface area contributed by atoms with E-state index in [-0.39, 0.29) is 5.92 Å². The van der Waals surface area contributed by atoms with Crippen LogP contribution in [0.25, 0.3) is 0 Å². The van der Waals surface area contributed by atoms with Crippen LogP contribution in [-0.2, 0) is 4.84 Å². The van der Waals surface area contributed by atoms with E-state index in [1.807, 2.05) is 0 Å². The molecule has 0 bridgehead atoms. The van der Waals surface area contributed by atoms with Crippen molar-refractivity contribution in [3.05, 3.63) is 17.6 Å². The van der Waals surface area contributed by atoms with Gasteiger partial charge in [-0.2, -0.15) is 12.6 Å². The number of nitrogens with zero attached hydrogens (tertiary/aromatic N) is 1. The molecule has 0 amide bonds. The van der Waals surface area contributed by atoms with Crippen molar-refractivity contribution < 1.29 is 4.84 Å². The van der Waals surface area contributed by atoms with Gasteiger partial charge in [-0.1, -0.05) is 6.08 Å². The summed E-state index contributed by atoms with van der Waals surface area (Å²) in [4.78, 5) is 14.4. The molecular weight excluding hydrogens is 162 g/mol. The zero-order valence-electron chi connectivity index (χ0n) is 6.78. The third kappa shape index (κ3) is 2.93. The lowest BCUT2D eigenvalue weighted by Crippen LogP contribution is -2.32. The molecule has 0 spiro atoms. The van der Waals surface area contributed by atoms with E-state index in [0.29, 0.717) is 5.75 Å². The van der Waals surface area contributed by atoms with E-state index in [9.17, 15) is 4.91 Å². The summed E-state index contributed by atoms with van der Waals surface area (Å²) in [5.74, 6) is 0.620. The minimum atomic E-state index is -0.606. The predicted molar refractivity (Wildman–Crippen MR) is 48.5 cm³/mol. The van der Waals surface area contributed by atoms with E-state index in [1.165, 1.54) is 0 Å². The molecule has 0 saturated carbocycles. The summed E-state index contributed by atoms with van der Waals surface area (Å²) in [5.41, 5.74) is -0.606. The maximum Gasteiger partial charge on any atom is 0.155 e. The van der Waals surface area contributed by atoms with Crippen LogP contribution in [0.2, 0.25) is 0 Å². The molecule has 0 aliphatic heterocycles. The summed E-state index contributed by atoms with van der Waals surface area (Å²) in [6, 6.07) is 0. The lowest BCUT2D eigenvalue weighted by molar-refractivity contribution is -0.0413. The molecular formula is C7H13NO2S. The van der Waals surface area contributed by atoms with E-state index in [1.54, 1.807) is 19.9 Å². The highest BCUT2D eigenvalue weighted by atomic mass is 32.1. The Morgan fingerprint density at radius 3 is 2.64 bits per heavy atom. The van der Waals surface area contributed by atoms with Crippen LogP contribution >= 0.6 is 12.6 Å². The van der Waals surface area contributed by atoms with Crippen LogP contribution in [0.4, 0.5) is 0 Å². The Bertz CT molecular complexity index is 147. The van der Waals surface area contributed by atoms with Gasteiger partial charge in [0.05, 0.1) is 0 Å². The van der Waals surface area contributed by atoms with Gasteiger partial charge in [-0.25, -0.2) is 0 Å². The SMILES string of the molecule is C=CC(CS)C(C)(C)ON=O. The maximum absolute atomic E-state index is 9.83. The largest absolute Gasteiger partial charge is 0.357 e. The van der Waals surface area contributed by atoms with Crippen molar-refractivity contribution in [1.82, 2.24) is 0 Å². The first-order chi connectivity index (χ1) is 5.08. The second kappa shape index (κ2) is 4.38. The Morgan fingerprint density at radius 2 is 2.36 bits per heavy atom. The highest BCUT2D eigenvalue weighted by Gasteiger charge is 2.28. The molecule has 0 radical (unpaired) electrons. The Labute approximate surface area is 72.2 Å². The van der Waals surface area contributed by atoms with Gasteiger partial charge in [-0.15, -0.1) is 11.5 Å². The van der Waals surface area contributed by atoms with Gasteiger partial charge >= 0.3 is 0 Å². The Hall–Kier alpha value is -0.510. The second-order valence-electron chi connectivity index (χ2n) is 2.79. The van der Waals surface area contributed by atoms with Gasteiger partial charge in [0.15, 0.2) is 5.34 Å².